The summed E-state index contributed by atoms with van der Waals surface area (Å²) in [5.41, 5.74) is 6.01. The van der Waals surface area contributed by atoms with Crippen molar-refractivity contribution in [1.82, 2.24) is 9.97 Å². The van der Waals surface area contributed by atoms with E-state index in [9.17, 15) is 0 Å². The van der Waals surface area contributed by atoms with Gasteiger partial charge >= 0.3 is 0 Å². The molecule has 2 heterocycles. The summed E-state index contributed by atoms with van der Waals surface area (Å²) < 4.78 is 0. The summed E-state index contributed by atoms with van der Waals surface area (Å²) in [6.07, 6.45) is 1.63. The number of fused-ring (bicyclic) bond motifs is 1. The lowest BCUT2D eigenvalue weighted by atomic mass is 10.0. The third-order valence-corrected chi connectivity index (χ3v) is 5.86. The molecule has 0 aliphatic heterocycles. The molecule has 1 N–H and O–H groups in total. The number of nitrogens with one attached hydrogen (secondary N) is 1. The molecular weight excluding hydrogens is 374 g/mol. The maximum absolute atomic E-state index is 4.53. The van der Waals surface area contributed by atoms with Gasteiger partial charge in [0.25, 0.3) is 0 Å². The molecule has 0 unspecified atom stereocenters. The summed E-state index contributed by atoms with van der Waals surface area (Å²) in [4.78, 5) is 10.0. The first-order valence-corrected chi connectivity index (χ1v) is 10.4. The highest BCUT2D eigenvalue weighted by molar-refractivity contribution is 7.17. The molecule has 3 nitrogen and oxygen atoms in total. The predicted octanol–water partition coefficient (Wildman–Crippen LogP) is 6.64. The number of hydrogen-bond donors (Lipinski definition) is 1. The number of hydrogen-bond acceptors (Lipinski definition) is 4. The van der Waals surface area contributed by atoms with Crippen molar-refractivity contribution in [2.45, 2.75) is 6.54 Å². The van der Waals surface area contributed by atoms with E-state index in [1.54, 1.807) is 17.7 Å². The highest BCUT2D eigenvalue weighted by Crippen LogP contribution is 2.37. The molecule has 140 valence electrons. The second-order valence-electron chi connectivity index (χ2n) is 6.83. The average Bonchev–Trinajstić information content (AvgIpc) is 3.24. The zero-order valence-corrected chi connectivity index (χ0v) is 16.6. The van der Waals surface area contributed by atoms with E-state index in [4.69, 9.17) is 0 Å². The zero-order chi connectivity index (χ0) is 19.5. The summed E-state index contributed by atoms with van der Waals surface area (Å²) >= 11 is 1.65. The Hall–Kier alpha value is -3.50. The van der Waals surface area contributed by atoms with Crippen LogP contribution in [-0.2, 0) is 6.54 Å². The normalized spacial score (nSPS) is 10.9. The zero-order valence-electron chi connectivity index (χ0n) is 15.7. The maximum Gasteiger partial charge on any atom is 0.139 e. The van der Waals surface area contributed by atoms with Gasteiger partial charge in [-0.25, -0.2) is 9.97 Å². The molecule has 5 aromatic rings. The Labute approximate surface area is 173 Å². The number of benzene rings is 3. The van der Waals surface area contributed by atoms with Gasteiger partial charge in [0.2, 0.25) is 0 Å². The molecule has 0 spiro atoms. The molecule has 5 rings (SSSR count). The highest BCUT2D eigenvalue weighted by Gasteiger charge is 2.13. The molecule has 0 saturated carbocycles. The SMILES string of the molecule is c1ccc(CNc2ncnc3scc(-c4ccc(-c5ccccc5)cc4)c23)cc1. The van der Waals surface area contributed by atoms with Crippen LogP contribution in [0.1, 0.15) is 5.56 Å². The minimum atomic E-state index is 0.731. The van der Waals surface area contributed by atoms with E-state index in [1.807, 2.05) is 12.1 Å². The first-order valence-electron chi connectivity index (χ1n) is 9.54. The van der Waals surface area contributed by atoms with Crippen LogP contribution in [0.5, 0.6) is 0 Å². The van der Waals surface area contributed by atoms with E-state index in [-0.39, 0.29) is 0 Å². The molecule has 0 aliphatic carbocycles. The molecule has 0 aliphatic rings. The van der Waals surface area contributed by atoms with Crippen LogP contribution in [0.15, 0.2) is 96.6 Å². The smallest absolute Gasteiger partial charge is 0.139 e. The second kappa shape index (κ2) is 7.86. The van der Waals surface area contributed by atoms with Gasteiger partial charge in [-0.3, -0.25) is 0 Å². The van der Waals surface area contributed by atoms with E-state index in [0.29, 0.717) is 0 Å². The van der Waals surface area contributed by atoms with Crippen molar-refractivity contribution in [1.29, 1.82) is 0 Å². The number of aromatic nitrogens is 2. The molecule has 0 saturated heterocycles. The monoisotopic (exact) mass is 393 g/mol. The van der Waals surface area contributed by atoms with Gasteiger partial charge in [0.15, 0.2) is 0 Å². The van der Waals surface area contributed by atoms with Gasteiger partial charge in [0, 0.05) is 17.5 Å². The minimum Gasteiger partial charge on any atom is -0.365 e. The third kappa shape index (κ3) is 3.62. The lowest BCUT2D eigenvalue weighted by Gasteiger charge is -2.09. The van der Waals surface area contributed by atoms with Crippen LogP contribution in [0.4, 0.5) is 5.82 Å². The van der Waals surface area contributed by atoms with Crippen LogP contribution in [0.3, 0.4) is 0 Å². The van der Waals surface area contributed by atoms with Crippen molar-refractivity contribution in [2.75, 3.05) is 5.32 Å². The molecule has 0 radical (unpaired) electrons. The van der Waals surface area contributed by atoms with E-state index in [2.05, 4.69) is 93.5 Å². The average molecular weight is 394 g/mol. The molecule has 3 aromatic carbocycles. The summed E-state index contributed by atoms with van der Waals surface area (Å²) in [5, 5.41) is 6.75. The van der Waals surface area contributed by atoms with Crippen molar-refractivity contribution < 1.29 is 0 Å². The summed E-state index contributed by atoms with van der Waals surface area (Å²) in [7, 11) is 0. The van der Waals surface area contributed by atoms with Gasteiger partial charge < -0.3 is 5.32 Å². The van der Waals surface area contributed by atoms with Crippen molar-refractivity contribution in [2.24, 2.45) is 0 Å². The van der Waals surface area contributed by atoms with Crippen molar-refractivity contribution in [3.05, 3.63) is 102 Å². The van der Waals surface area contributed by atoms with Crippen LogP contribution >= 0.6 is 11.3 Å². The van der Waals surface area contributed by atoms with Crippen molar-refractivity contribution in [3.8, 4) is 22.3 Å². The number of nitrogens with zero attached hydrogens (tertiary/aromatic N) is 2. The lowest BCUT2D eigenvalue weighted by Crippen LogP contribution is -2.02. The topological polar surface area (TPSA) is 37.8 Å². The third-order valence-electron chi connectivity index (χ3n) is 4.98. The fraction of sp³-hybridized carbons (Fsp3) is 0.0400. The molecule has 0 atom stereocenters. The Morgan fingerprint density at radius 2 is 1.34 bits per heavy atom. The first-order chi connectivity index (χ1) is 14.4. The Morgan fingerprint density at radius 1 is 0.690 bits per heavy atom. The predicted molar refractivity (Wildman–Crippen MR) is 122 cm³/mol. The molecule has 0 amide bonds. The largest absolute Gasteiger partial charge is 0.365 e. The summed E-state index contributed by atoms with van der Waals surface area (Å²) in [5.74, 6) is 0.877. The minimum absolute atomic E-state index is 0.731. The van der Waals surface area contributed by atoms with Gasteiger partial charge in [-0.2, -0.15) is 0 Å². The van der Waals surface area contributed by atoms with E-state index >= 15 is 0 Å². The van der Waals surface area contributed by atoms with Crippen LogP contribution in [0.2, 0.25) is 0 Å². The van der Waals surface area contributed by atoms with Gasteiger partial charge in [0.1, 0.15) is 17.0 Å². The fourth-order valence-corrected chi connectivity index (χ4v) is 4.39. The number of anilines is 1. The first kappa shape index (κ1) is 17.6. The molecule has 0 fully saturated rings. The molecule has 2 aromatic heterocycles. The highest BCUT2D eigenvalue weighted by atomic mass is 32.1. The van der Waals surface area contributed by atoms with Crippen LogP contribution in [0.25, 0.3) is 32.5 Å². The quantitative estimate of drug-likeness (QED) is 0.364. The van der Waals surface area contributed by atoms with E-state index in [0.717, 1.165) is 22.6 Å². The van der Waals surface area contributed by atoms with Gasteiger partial charge in [0.05, 0.1) is 5.39 Å². The second-order valence-corrected chi connectivity index (χ2v) is 7.69. The number of thiophene rings is 1. The van der Waals surface area contributed by atoms with Crippen molar-refractivity contribution in [3.63, 3.8) is 0 Å². The van der Waals surface area contributed by atoms with Gasteiger partial charge in [-0.15, -0.1) is 11.3 Å². The molecule has 29 heavy (non-hydrogen) atoms. The summed E-state index contributed by atoms with van der Waals surface area (Å²) in [6, 6.07) is 29.5. The maximum atomic E-state index is 4.53. The fourth-order valence-electron chi connectivity index (χ4n) is 3.48. The Kier molecular flexibility index (Phi) is 4.76. The van der Waals surface area contributed by atoms with Crippen LogP contribution in [-0.4, -0.2) is 9.97 Å². The summed E-state index contributed by atoms with van der Waals surface area (Å²) in [6.45, 7) is 0.731. The van der Waals surface area contributed by atoms with E-state index in [1.165, 1.54) is 27.8 Å². The van der Waals surface area contributed by atoms with Crippen LogP contribution < -0.4 is 5.32 Å². The van der Waals surface area contributed by atoms with Crippen molar-refractivity contribution >= 4 is 27.4 Å². The Bertz CT molecular complexity index is 1230. The van der Waals surface area contributed by atoms with E-state index < -0.39 is 0 Å². The Balaban J connectivity index is 1.49. The lowest BCUT2D eigenvalue weighted by molar-refractivity contribution is 1.11. The molecule has 4 heteroatoms. The van der Waals surface area contributed by atoms with Crippen LogP contribution in [0, 0.1) is 0 Å². The molecule has 0 bridgehead atoms. The van der Waals surface area contributed by atoms with Gasteiger partial charge in [-0.05, 0) is 22.3 Å². The standard InChI is InChI=1S/C25H19N3S/c1-3-7-18(8-4-1)15-26-24-23-22(16-29-25(23)28-17-27-24)21-13-11-20(12-14-21)19-9-5-2-6-10-19/h1-14,16-17H,15H2,(H,26,27,28). The molecular formula is C25H19N3S. The van der Waals surface area contributed by atoms with Gasteiger partial charge in [-0.1, -0.05) is 84.9 Å². The number of rotatable bonds is 5. The Morgan fingerprint density at radius 3 is 2.10 bits per heavy atom.